The number of carbonyl (C=O) groups is 1. The van der Waals surface area contributed by atoms with Crippen LogP contribution in [0, 0.1) is 13.8 Å². The maximum atomic E-state index is 13.6. The lowest BCUT2D eigenvalue weighted by molar-refractivity contribution is 0.0988. The third-order valence-corrected chi connectivity index (χ3v) is 5.96. The molecular formula is C24H29N3O. The van der Waals surface area contributed by atoms with Crippen LogP contribution < -0.4 is 9.80 Å². The number of rotatable bonds is 4. The third kappa shape index (κ3) is 3.17. The van der Waals surface area contributed by atoms with Gasteiger partial charge in [0.05, 0.1) is 5.69 Å². The first kappa shape index (κ1) is 18.6. The maximum absolute atomic E-state index is 13.6. The SMILES string of the molecule is CCN(C(=O)c1ccc(C)c(N2CCCCC2)c1C)c1c[nH]c2ccccc12. The van der Waals surface area contributed by atoms with Crippen molar-refractivity contribution in [3.05, 3.63) is 59.3 Å². The highest BCUT2D eigenvalue weighted by atomic mass is 16.2. The average Bonchev–Trinajstić information content (AvgIpc) is 3.13. The summed E-state index contributed by atoms with van der Waals surface area (Å²) in [6.45, 7) is 9.09. The normalized spacial score (nSPS) is 14.5. The molecule has 2 heterocycles. The van der Waals surface area contributed by atoms with Gasteiger partial charge in [0.2, 0.25) is 0 Å². The van der Waals surface area contributed by atoms with Gasteiger partial charge in [-0.2, -0.15) is 0 Å². The summed E-state index contributed by atoms with van der Waals surface area (Å²) in [7, 11) is 0. The molecule has 1 aliphatic rings. The Morgan fingerprint density at radius 3 is 2.57 bits per heavy atom. The molecule has 28 heavy (non-hydrogen) atoms. The minimum absolute atomic E-state index is 0.0722. The fraction of sp³-hybridized carbons (Fsp3) is 0.375. The van der Waals surface area contributed by atoms with Crippen molar-refractivity contribution in [2.45, 2.75) is 40.0 Å². The highest BCUT2D eigenvalue weighted by Crippen LogP contribution is 2.33. The van der Waals surface area contributed by atoms with Crippen molar-refractivity contribution in [2.75, 3.05) is 29.4 Å². The van der Waals surface area contributed by atoms with Gasteiger partial charge in [0.25, 0.3) is 5.91 Å². The lowest BCUT2D eigenvalue weighted by Gasteiger charge is -2.32. The average molecular weight is 376 g/mol. The van der Waals surface area contributed by atoms with Crippen LogP contribution >= 0.6 is 0 Å². The van der Waals surface area contributed by atoms with Crippen LogP contribution in [0.5, 0.6) is 0 Å². The Balaban J connectivity index is 1.74. The number of aromatic nitrogens is 1. The van der Waals surface area contributed by atoms with Crippen LogP contribution in [0.2, 0.25) is 0 Å². The van der Waals surface area contributed by atoms with Crippen LogP contribution in [0.25, 0.3) is 10.9 Å². The number of carbonyl (C=O) groups excluding carboxylic acids is 1. The van der Waals surface area contributed by atoms with Crippen molar-refractivity contribution in [3.63, 3.8) is 0 Å². The summed E-state index contributed by atoms with van der Waals surface area (Å²) in [5, 5.41) is 1.08. The fourth-order valence-electron chi connectivity index (χ4n) is 4.52. The van der Waals surface area contributed by atoms with Gasteiger partial charge in [0, 0.05) is 48.0 Å². The Hall–Kier alpha value is -2.75. The van der Waals surface area contributed by atoms with Gasteiger partial charge < -0.3 is 14.8 Å². The molecule has 3 aromatic rings. The second-order valence-corrected chi connectivity index (χ2v) is 7.72. The Kier molecular flexibility index (Phi) is 5.12. The summed E-state index contributed by atoms with van der Waals surface area (Å²) in [6.07, 6.45) is 5.71. The van der Waals surface area contributed by atoms with Crippen LogP contribution in [0.4, 0.5) is 11.4 Å². The molecule has 1 aliphatic heterocycles. The quantitative estimate of drug-likeness (QED) is 0.659. The lowest BCUT2D eigenvalue weighted by Crippen LogP contribution is -2.33. The molecule has 0 radical (unpaired) electrons. The van der Waals surface area contributed by atoms with Gasteiger partial charge in [-0.3, -0.25) is 4.79 Å². The number of para-hydroxylation sites is 1. The van der Waals surface area contributed by atoms with E-state index in [0.29, 0.717) is 6.54 Å². The van der Waals surface area contributed by atoms with Crippen molar-refractivity contribution in [1.29, 1.82) is 0 Å². The molecule has 1 aromatic heterocycles. The molecule has 1 N–H and O–H groups in total. The first-order valence-electron chi connectivity index (χ1n) is 10.3. The molecule has 1 fully saturated rings. The monoisotopic (exact) mass is 375 g/mol. The van der Waals surface area contributed by atoms with E-state index in [4.69, 9.17) is 0 Å². The Bertz CT molecular complexity index is 998. The fourth-order valence-corrected chi connectivity index (χ4v) is 4.52. The van der Waals surface area contributed by atoms with Gasteiger partial charge in [0.1, 0.15) is 0 Å². The minimum atomic E-state index is 0.0722. The molecule has 1 saturated heterocycles. The van der Waals surface area contributed by atoms with Crippen LogP contribution in [0.1, 0.15) is 47.7 Å². The zero-order valence-corrected chi connectivity index (χ0v) is 17.1. The molecular weight excluding hydrogens is 346 g/mol. The van der Waals surface area contributed by atoms with Crippen LogP contribution in [0.15, 0.2) is 42.6 Å². The molecule has 0 spiro atoms. The molecule has 4 nitrogen and oxygen atoms in total. The van der Waals surface area contributed by atoms with Crippen molar-refractivity contribution in [2.24, 2.45) is 0 Å². The molecule has 0 aliphatic carbocycles. The number of H-pyrrole nitrogens is 1. The molecule has 0 unspecified atom stereocenters. The van der Waals surface area contributed by atoms with Crippen molar-refractivity contribution >= 4 is 28.2 Å². The molecule has 146 valence electrons. The largest absolute Gasteiger partial charge is 0.371 e. The second-order valence-electron chi connectivity index (χ2n) is 7.72. The summed E-state index contributed by atoms with van der Waals surface area (Å²) >= 11 is 0. The van der Waals surface area contributed by atoms with Gasteiger partial charge in [-0.1, -0.05) is 24.3 Å². The molecule has 1 amide bonds. The van der Waals surface area contributed by atoms with E-state index < -0.39 is 0 Å². The highest BCUT2D eigenvalue weighted by molar-refractivity contribution is 6.11. The summed E-state index contributed by atoms with van der Waals surface area (Å²) in [6, 6.07) is 12.2. The molecule has 0 bridgehead atoms. The molecule has 2 aromatic carbocycles. The topological polar surface area (TPSA) is 39.3 Å². The van der Waals surface area contributed by atoms with E-state index in [-0.39, 0.29) is 5.91 Å². The number of amides is 1. The van der Waals surface area contributed by atoms with Gasteiger partial charge >= 0.3 is 0 Å². The standard InChI is InChI=1S/C24H29N3O/c1-4-27(22-16-25-21-11-7-6-10-20(21)22)24(28)19-13-12-17(2)23(18(19)3)26-14-8-5-9-15-26/h6-7,10-13,16,25H,4-5,8-9,14-15H2,1-3H3. The van der Waals surface area contributed by atoms with E-state index in [1.54, 1.807) is 0 Å². The number of hydrogen-bond donors (Lipinski definition) is 1. The predicted octanol–water partition coefficient (Wildman–Crippen LogP) is 5.44. The maximum Gasteiger partial charge on any atom is 0.258 e. The number of nitrogens with zero attached hydrogens (tertiary/aromatic N) is 2. The van der Waals surface area contributed by atoms with E-state index in [2.05, 4.69) is 35.9 Å². The minimum Gasteiger partial charge on any atom is -0.371 e. The summed E-state index contributed by atoms with van der Waals surface area (Å²) in [4.78, 5) is 21.2. The van der Waals surface area contributed by atoms with Gasteiger partial charge in [-0.25, -0.2) is 0 Å². The number of benzene rings is 2. The number of piperidine rings is 1. The van der Waals surface area contributed by atoms with Gasteiger partial charge in [-0.05, 0) is 63.3 Å². The lowest BCUT2D eigenvalue weighted by atomic mass is 9.98. The molecule has 0 atom stereocenters. The first-order valence-corrected chi connectivity index (χ1v) is 10.3. The van der Waals surface area contributed by atoms with Gasteiger partial charge in [0.15, 0.2) is 0 Å². The number of aryl methyl sites for hydroxylation is 1. The van der Waals surface area contributed by atoms with Crippen molar-refractivity contribution in [1.82, 2.24) is 4.98 Å². The second kappa shape index (κ2) is 7.70. The van der Waals surface area contributed by atoms with E-state index in [0.717, 1.165) is 40.8 Å². The third-order valence-electron chi connectivity index (χ3n) is 5.96. The summed E-state index contributed by atoms with van der Waals surface area (Å²) in [5.74, 6) is 0.0722. The van der Waals surface area contributed by atoms with Crippen molar-refractivity contribution < 1.29 is 4.79 Å². The van der Waals surface area contributed by atoms with Crippen LogP contribution in [-0.2, 0) is 0 Å². The summed E-state index contributed by atoms with van der Waals surface area (Å²) < 4.78 is 0. The molecule has 4 rings (SSSR count). The molecule has 0 saturated carbocycles. The predicted molar refractivity (Wildman–Crippen MR) is 118 cm³/mol. The Morgan fingerprint density at radius 2 is 1.82 bits per heavy atom. The van der Waals surface area contributed by atoms with E-state index in [1.165, 1.54) is 30.5 Å². The number of nitrogens with one attached hydrogen (secondary N) is 1. The van der Waals surface area contributed by atoms with E-state index in [1.807, 2.05) is 42.3 Å². The zero-order chi connectivity index (χ0) is 19.7. The summed E-state index contributed by atoms with van der Waals surface area (Å²) in [5.41, 5.74) is 6.41. The number of anilines is 2. The number of aromatic amines is 1. The smallest absolute Gasteiger partial charge is 0.258 e. The molecule has 4 heteroatoms. The highest BCUT2D eigenvalue weighted by Gasteiger charge is 2.24. The number of hydrogen-bond acceptors (Lipinski definition) is 2. The van der Waals surface area contributed by atoms with Crippen molar-refractivity contribution in [3.8, 4) is 0 Å². The Morgan fingerprint density at radius 1 is 1.07 bits per heavy atom. The van der Waals surface area contributed by atoms with E-state index >= 15 is 0 Å². The first-order chi connectivity index (χ1) is 13.6. The van der Waals surface area contributed by atoms with Crippen LogP contribution in [-0.4, -0.2) is 30.5 Å². The van der Waals surface area contributed by atoms with E-state index in [9.17, 15) is 4.79 Å². The Labute approximate surface area is 167 Å². The zero-order valence-electron chi connectivity index (χ0n) is 17.1. The van der Waals surface area contributed by atoms with Gasteiger partial charge in [-0.15, -0.1) is 0 Å². The number of fused-ring (bicyclic) bond motifs is 1. The van der Waals surface area contributed by atoms with Crippen LogP contribution in [0.3, 0.4) is 0 Å².